The third-order valence-electron chi connectivity index (χ3n) is 6.38. The van der Waals surface area contributed by atoms with Gasteiger partial charge in [-0.2, -0.15) is 0 Å². The van der Waals surface area contributed by atoms with Crippen LogP contribution in [0, 0.1) is 0 Å². The van der Waals surface area contributed by atoms with Crippen LogP contribution in [-0.4, -0.2) is 24.3 Å². The highest BCUT2D eigenvalue weighted by Crippen LogP contribution is 2.21. The lowest BCUT2D eigenvalue weighted by molar-refractivity contribution is -0.121. The van der Waals surface area contributed by atoms with Gasteiger partial charge < -0.3 is 14.8 Å². The normalized spacial score (nSPS) is 11.6. The molecule has 5 aromatic rings. The smallest absolute Gasteiger partial charge is 0.251 e. The lowest BCUT2D eigenvalue weighted by Gasteiger charge is -2.18. The second-order valence-electron chi connectivity index (χ2n) is 9.29. The van der Waals surface area contributed by atoms with E-state index in [1.54, 1.807) is 6.07 Å². The van der Waals surface area contributed by atoms with E-state index in [9.17, 15) is 9.59 Å². The largest absolute Gasteiger partial charge is 0.457 e. The Labute approximate surface area is 228 Å². The number of para-hydroxylation sites is 1. The minimum absolute atomic E-state index is 0.0717. The zero-order valence-corrected chi connectivity index (χ0v) is 21.5. The molecule has 5 heteroatoms. The van der Waals surface area contributed by atoms with Gasteiger partial charge in [0.2, 0.25) is 0 Å². The number of carbonyl (C=O) groups excluding carboxylic acids is 2. The summed E-state index contributed by atoms with van der Waals surface area (Å²) in [5, 5.41) is 4.92. The van der Waals surface area contributed by atoms with Crippen molar-refractivity contribution >= 4 is 22.5 Å². The molecule has 0 radical (unpaired) electrons. The quantitative estimate of drug-likeness (QED) is 0.211. The highest BCUT2D eigenvalue weighted by atomic mass is 16.5. The number of fused-ring (bicyclic) bond motifs is 1. The Morgan fingerprint density at radius 3 is 2.03 bits per heavy atom. The summed E-state index contributed by atoms with van der Waals surface area (Å²) in [6.45, 7) is 0.421. The molecule has 5 rings (SSSR count). The monoisotopic (exact) mass is 515 g/mol. The molecule has 1 N–H and O–H groups in total. The Kier molecular flexibility index (Phi) is 8.41. The van der Waals surface area contributed by atoms with Gasteiger partial charge in [0.1, 0.15) is 17.5 Å². The molecule has 0 heterocycles. The minimum Gasteiger partial charge on any atom is -0.457 e. The van der Waals surface area contributed by atoms with Crippen LogP contribution in [0.15, 0.2) is 127 Å². The van der Waals surface area contributed by atoms with Crippen molar-refractivity contribution in [1.29, 1.82) is 0 Å². The van der Waals surface area contributed by atoms with Crippen molar-refractivity contribution in [2.45, 2.75) is 19.1 Å². The Balaban J connectivity index is 1.27. The number of amides is 1. The number of ether oxygens (including phenoxy) is 2. The SMILES string of the molecule is O=C(NC(COCc1ccccc1)C(=O)Cc1ccc(Oc2ccccc2)cc1)c1ccc2ccccc2c1. The third kappa shape index (κ3) is 7.18. The molecule has 0 aliphatic carbocycles. The van der Waals surface area contributed by atoms with Crippen LogP contribution >= 0.6 is 0 Å². The molecule has 1 amide bonds. The fourth-order valence-electron chi connectivity index (χ4n) is 4.28. The summed E-state index contributed by atoms with van der Waals surface area (Å²) >= 11 is 0. The van der Waals surface area contributed by atoms with Gasteiger partial charge in [0, 0.05) is 12.0 Å². The Hall–Kier alpha value is -4.74. The molecule has 0 spiro atoms. The Bertz CT molecular complexity index is 1530. The van der Waals surface area contributed by atoms with Gasteiger partial charge in [0.15, 0.2) is 5.78 Å². The summed E-state index contributed by atoms with van der Waals surface area (Å²) in [5.41, 5.74) is 2.32. The lowest BCUT2D eigenvalue weighted by atomic mass is 10.0. The maximum atomic E-state index is 13.4. The van der Waals surface area contributed by atoms with Gasteiger partial charge in [-0.15, -0.1) is 0 Å². The molecule has 0 saturated carbocycles. The maximum Gasteiger partial charge on any atom is 0.251 e. The summed E-state index contributed by atoms with van der Waals surface area (Å²) in [5.74, 6) is 0.987. The molecule has 0 aliphatic heterocycles. The van der Waals surface area contributed by atoms with E-state index in [1.807, 2.05) is 121 Å². The average molecular weight is 516 g/mol. The van der Waals surface area contributed by atoms with E-state index in [4.69, 9.17) is 9.47 Å². The first-order chi connectivity index (χ1) is 19.1. The van der Waals surface area contributed by atoms with Gasteiger partial charge in [-0.3, -0.25) is 9.59 Å². The van der Waals surface area contributed by atoms with Gasteiger partial charge in [0.05, 0.1) is 13.2 Å². The van der Waals surface area contributed by atoms with Crippen molar-refractivity contribution in [3.05, 3.63) is 144 Å². The molecular weight excluding hydrogens is 486 g/mol. The molecule has 0 bridgehead atoms. The van der Waals surface area contributed by atoms with E-state index in [-0.39, 0.29) is 24.7 Å². The highest BCUT2D eigenvalue weighted by Gasteiger charge is 2.22. The Morgan fingerprint density at radius 2 is 1.28 bits per heavy atom. The molecule has 0 saturated heterocycles. The number of Topliss-reactive ketones (excluding diaryl/α,β-unsaturated/α-hetero) is 1. The molecule has 5 aromatic carbocycles. The minimum atomic E-state index is -0.798. The van der Waals surface area contributed by atoms with Crippen LogP contribution in [0.2, 0.25) is 0 Å². The second kappa shape index (κ2) is 12.7. The van der Waals surface area contributed by atoms with Gasteiger partial charge in [0.25, 0.3) is 5.91 Å². The summed E-state index contributed by atoms with van der Waals surface area (Å²) in [6.07, 6.45) is 0.156. The Morgan fingerprint density at radius 1 is 0.641 bits per heavy atom. The molecule has 39 heavy (non-hydrogen) atoms. The van der Waals surface area contributed by atoms with Crippen molar-refractivity contribution in [3.8, 4) is 11.5 Å². The summed E-state index contributed by atoms with van der Waals surface area (Å²) in [7, 11) is 0. The van der Waals surface area contributed by atoms with Crippen LogP contribution in [0.25, 0.3) is 10.8 Å². The van der Waals surface area contributed by atoms with Crippen molar-refractivity contribution in [2.75, 3.05) is 6.61 Å². The van der Waals surface area contributed by atoms with Crippen molar-refractivity contribution in [3.63, 3.8) is 0 Å². The molecule has 5 nitrogen and oxygen atoms in total. The van der Waals surface area contributed by atoms with Crippen LogP contribution in [-0.2, 0) is 22.6 Å². The van der Waals surface area contributed by atoms with Gasteiger partial charge in [-0.25, -0.2) is 0 Å². The van der Waals surface area contributed by atoms with E-state index in [2.05, 4.69) is 5.32 Å². The first-order valence-electron chi connectivity index (χ1n) is 12.9. The average Bonchev–Trinajstić information content (AvgIpc) is 2.98. The fraction of sp³-hybridized carbons (Fsp3) is 0.118. The molecule has 0 fully saturated rings. The van der Waals surface area contributed by atoms with Crippen LogP contribution in [0.3, 0.4) is 0 Å². The zero-order valence-electron chi connectivity index (χ0n) is 21.5. The second-order valence-corrected chi connectivity index (χ2v) is 9.29. The van der Waals surface area contributed by atoms with Gasteiger partial charge >= 0.3 is 0 Å². The van der Waals surface area contributed by atoms with E-state index in [1.165, 1.54) is 0 Å². The zero-order chi connectivity index (χ0) is 26.9. The van der Waals surface area contributed by atoms with Crippen LogP contribution < -0.4 is 10.1 Å². The summed E-state index contributed by atoms with van der Waals surface area (Å²) in [4.78, 5) is 26.6. The van der Waals surface area contributed by atoms with E-state index in [0.717, 1.165) is 27.6 Å². The number of hydrogen-bond acceptors (Lipinski definition) is 4. The molecular formula is C34H29NO4. The van der Waals surface area contributed by atoms with Crippen LogP contribution in [0.1, 0.15) is 21.5 Å². The van der Waals surface area contributed by atoms with E-state index in [0.29, 0.717) is 17.9 Å². The lowest BCUT2D eigenvalue weighted by Crippen LogP contribution is -2.44. The molecule has 0 aromatic heterocycles. The van der Waals surface area contributed by atoms with Crippen molar-refractivity contribution in [1.82, 2.24) is 5.32 Å². The number of carbonyl (C=O) groups is 2. The number of rotatable bonds is 11. The van der Waals surface area contributed by atoms with Crippen molar-refractivity contribution < 1.29 is 19.1 Å². The fourth-order valence-corrected chi connectivity index (χ4v) is 4.28. The standard InChI is InChI=1S/C34H29NO4/c36-33(21-25-15-19-31(20-16-25)39-30-13-5-2-6-14-30)32(24-38-23-26-9-3-1-4-10-26)35-34(37)29-18-17-27-11-7-8-12-28(27)22-29/h1-20,22,32H,21,23-24H2,(H,35,37). The molecule has 1 unspecified atom stereocenters. The molecule has 1 atom stereocenters. The molecule has 0 aliphatic rings. The highest BCUT2D eigenvalue weighted by molar-refractivity contribution is 6.01. The maximum absolute atomic E-state index is 13.4. The number of benzene rings is 5. The van der Waals surface area contributed by atoms with Gasteiger partial charge in [-0.05, 0) is 58.3 Å². The predicted octanol–water partition coefficient (Wildman–Crippen LogP) is 6.76. The van der Waals surface area contributed by atoms with Crippen LogP contribution in [0.5, 0.6) is 11.5 Å². The number of hydrogen-bond donors (Lipinski definition) is 1. The number of ketones is 1. The first kappa shape index (κ1) is 25.9. The first-order valence-corrected chi connectivity index (χ1v) is 12.9. The summed E-state index contributed by atoms with van der Waals surface area (Å²) < 4.78 is 11.7. The topological polar surface area (TPSA) is 64.6 Å². The van der Waals surface area contributed by atoms with E-state index < -0.39 is 6.04 Å². The third-order valence-corrected chi connectivity index (χ3v) is 6.38. The van der Waals surface area contributed by atoms with Crippen molar-refractivity contribution in [2.24, 2.45) is 0 Å². The predicted molar refractivity (Wildman–Crippen MR) is 153 cm³/mol. The number of nitrogens with one attached hydrogen (secondary N) is 1. The summed E-state index contributed by atoms with van der Waals surface area (Å²) in [6, 6.07) is 39.2. The van der Waals surface area contributed by atoms with E-state index >= 15 is 0 Å². The molecule has 194 valence electrons. The van der Waals surface area contributed by atoms with Crippen LogP contribution in [0.4, 0.5) is 0 Å². The van der Waals surface area contributed by atoms with Gasteiger partial charge in [-0.1, -0.05) is 91.0 Å².